The van der Waals surface area contributed by atoms with Gasteiger partial charge in [-0.15, -0.1) is 0 Å². The van der Waals surface area contributed by atoms with Crippen molar-refractivity contribution in [3.05, 3.63) is 29.8 Å². The summed E-state index contributed by atoms with van der Waals surface area (Å²) >= 11 is 0. The van der Waals surface area contributed by atoms with Gasteiger partial charge in [-0.25, -0.2) is 8.78 Å². The number of hydrogen-bond acceptors (Lipinski definition) is 3. The first kappa shape index (κ1) is 24.5. The maximum absolute atomic E-state index is 13.1. The van der Waals surface area contributed by atoms with Gasteiger partial charge in [-0.1, -0.05) is 20.8 Å². The maximum Gasteiger partial charge on any atom is 0.458 e. The first-order valence-electron chi connectivity index (χ1n) is 6.86. The van der Waals surface area contributed by atoms with Crippen LogP contribution in [0.5, 0.6) is 0 Å². The molecule has 1 N–H and O–H groups in total. The molecule has 0 saturated heterocycles. The molecule has 0 heterocycles. The fraction of sp³-hybridized carbons (Fsp3) is 0.400. The number of amides is 1. The van der Waals surface area contributed by atoms with Crippen LogP contribution in [0.15, 0.2) is 18.2 Å². The SMILES string of the molecule is CC(C)(C)C(=O)Nc1cc(F)ccc1F.O=C(C(=O)C(F)(F)F)C(F)(F)F. The number of ketones is 2. The van der Waals surface area contributed by atoms with Gasteiger partial charge in [-0.3, -0.25) is 14.4 Å². The highest BCUT2D eigenvalue weighted by molar-refractivity contribution is 6.41. The van der Waals surface area contributed by atoms with E-state index >= 15 is 0 Å². The molecule has 4 nitrogen and oxygen atoms in total. The van der Waals surface area contributed by atoms with E-state index in [0.717, 1.165) is 18.2 Å². The number of anilines is 1. The van der Waals surface area contributed by atoms with E-state index in [9.17, 15) is 49.5 Å². The van der Waals surface area contributed by atoms with Gasteiger partial charge in [0.1, 0.15) is 11.6 Å². The molecule has 152 valence electrons. The second-order valence-corrected chi connectivity index (χ2v) is 5.98. The van der Waals surface area contributed by atoms with Crippen LogP contribution in [-0.2, 0) is 14.4 Å². The second kappa shape index (κ2) is 8.44. The van der Waals surface area contributed by atoms with Crippen molar-refractivity contribution in [3.63, 3.8) is 0 Å². The van der Waals surface area contributed by atoms with Crippen molar-refractivity contribution in [2.24, 2.45) is 5.41 Å². The third-order valence-corrected chi connectivity index (χ3v) is 2.58. The Morgan fingerprint density at radius 3 is 1.56 bits per heavy atom. The van der Waals surface area contributed by atoms with Crippen LogP contribution in [0.25, 0.3) is 0 Å². The molecule has 0 fully saturated rings. The standard InChI is InChI=1S/C11H13F2NO.C4F6O2/c1-11(2,3)10(15)14-9-6-7(12)4-5-8(9)13;5-3(6,7)1(11)2(12)4(8,9)10/h4-6H,1-3H3,(H,14,15);. The molecule has 0 aliphatic heterocycles. The third-order valence-electron chi connectivity index (χ3n) is 2.58. The summed E-state index contributed by atoms with van der Waals surface area (Å²) in [6.07, 6.45) is -11.5. The largest absolute Gasteiger partial charge is 0.458 e. The van der Waals surface area contributed by atoms with Crippen molar-refractivity contribution in [1.82, 2.24) is 0 Å². The van der Waals surface area contributed by atoms with Crippen LogP contribution >= 0.6 is 0 Å². The smallest absolute Gasteiger partial charge is 0.323 e. The molecular formula is C15H13F8NO3. The van der Waals surface area contributed by atoms with Crippen LogP contribution in [-0.4, -0.2) is 29.8 Å². The summed E-state index contributed by atoms with van der Waals surface area (Å²) in [5.74, 6) is -8.40. The fourth-order valence-electron chi connectivity index (χ4n) is 1.16. The quantitative estimate of drug-likeness (QED) is 0.591. The van der Waals surface area contributed by atoms with Crippen molar-refractivity contribution in [3.8, 4) is 0 Å². The third kappa shape index (κ3) is 8.13. The van der Waals surface area contributed by atoms with Crippen molar-refractivity contribution in [2.75, 3.05) is 5.32 Å². The number of rotatable bonds is 2. The Labute approximate surface area is 147 Å². The van der Waals surface area contributed by atoms with E-state index in [1.54, 1.807) is 20.8 Å². The van der Waals surface area contributed by atoms with E-state index < -0.39 is 41.0 Å². The molecule has 0 aromatic heterocycles. The van der Waals surface area contributed by atoms with E-state index in [1.165, 1.54) is 0 Å². The summed E-state index contributed by atoms with van der Waals surface area (Å²) in [6.45, 7) is 5.08. The van der Waals surface area contributed by atoms with Gasteiger partial charge in [0, 0.05) is 11.5 Å². The number of carbonyl (C=O) groups excluding carboxylic acids is 3. The predicted molar refractivity (Wildman–Crippen MR) is 76.6 cm³/mol. The highest BCUT2D eigenvalue weighted by Crippen LogP contribution is 2.24. The zero-order valence-electron chi connectivity index (χ0n) is 14.0. The van der Waals surface area contributed by atoms with Crippen LogP contribution < -0.4 is 5.32 Å². The zero-order valence-corrected chi connectivity index (χ0v) is 14.0. The van der Waals surface area contributed by atoms with E-state index in [4.69, 9.17) is 0 Å². The fourth-order valence-corrected chi connectivity index (χ4v) is 1.16. The molecule has 0 radical (unpaired) electrons. The second-order valence-electron chi connectivity index (χ2n) is 5.98. The number of halogens is 8. The van der Waals surface area contributed by atoms with Gasteiger partial charge >= 0.3 is 23.9 Å². The Morgan fingerprint density at radius 2 is 1.22 bits per heavy atom. The Hall–Kier alpha value is -2.53. The van der Waals surface area contributed by atoms with Gasteiger partial charge < -0.3 is 5.32 Å². The van der Waals surface area contributed by atoms with E-state index in [-0.39, 0.29) is 11.6 Å². The minimum atomic E-state index is -5.77. The van der Waals surface area contributed by atoms with Gasteiger partial charge in [-0.05, 0) is 12.1 Å². The van der Waals surface area contributed by atoms with Crippen molar-refractivity contribution in [2.45, 2.75) is 33.1 Å². The zero-order chi connectivity index (χ0) is 21.8. The van der Waals surface area contributed by atoms with Crippen molar-refractivity contribution < 1.29 is 49.5 Å². The monoisotopic (exact) mass is 407 g/mol. The maximum atomic E-state index is 13.1. The van der Waals surface area contributed by atoms with E-state index in [2.05, 4.69) is 5.32 Å². The Morgan fingerprint density at radius 1 is 0.815 bits per heavy atom. The molecule has 0 aliphatic rings. The average Bonchev–Trinajstić information content (AvgIpc) is 2.47. The number of benzene rings is 1. The number of carbonyl (C=O) groups is 3. The molecule has 0 saturated carbocycles. The Bertz CT molecular complexity index is 693. The molecule has 0 unspecified atom stereocenters. The minimum Gasteiger partial charge on any atom is -0.323 e. The molecule has 0 atom stereocenters. The molecule has 1 amide bonds. The van der Waals surface area contributed by atoms with E-state index in [0.29, 0.717) is 0 Å². The topological polar surface area (TPSA) is 63.2 Å². The minimum absolute atomic E-state index is 0.130. The summed E-state index contributed by atoms with van der Waals surface area (Å²) in [5.41, 5.74) is -0.770. The first-order chi connectivity index (χ1) is 11.9. The average molecular weight is 407 g/mol. The molecule has 0 aliphatic carbocycles. The highest BCUT2D eigenvalue weighted by atomic mass is 19.4. The van der Waals surface area contributed by atoms with Crippen LogP contribution in [0.4, 0.5) is 40.8 Å². The van der Waals surface area contributed by atoms with Gasteiger partial charge in [-0.2, -0.15) is 26.3 Å². The molecule has 1 rings (SSSR count). The lowest BCUT2D eigenvalue weighted by molar-refractivity contribution is -0.193. The summed E-state index contributed by atoms with van der Waals surface area (Å²) in [7, 11) is 0. The molecule has 12 heteroatoms. The molecule has 1 aromatic carbocycles. The van der Waals surface area contributed by atoms with Gasteiger partial charge in [0.15, 0.2) is 0 Å². The number of Topliss-reactive ketones (excluding diaryl/α,β-unsaturated/α-hetero) is 2. The summed E-state index contributed by atoms with van der Waals surface area (Å²) in [4.78, 5) is 30.7. The normalized spacial score (nSPS) is 12.0. The van der Waals surface area contributed by atoms with Crippen molar-refractivity contribution >= 4 is 23.2 Å². The van der Waals surface area contributed by atoms with E-state index in [1.807, 2.05) is 0 Å². The van der Waals surface area contributed by atoms with Crippen LogP contribution in [0.3, 0.4) is 0 Å². The lowest BCUT2D eigenvalue weighted by atomic mass is 9.95. The summed E-state index contributed by atoms with van der Waals surface area (Å²) < 4.78 is 92.9. The molecule has 0 bridgehead atoms. The molecule has 27 heavy (non-hydrogen) atoms. The first-order valence-corrected chi connectivity index (χ1v) is 6.86. The molecule has 0 spiro atoms. The molecular weight excluding hydrogens is 394 g/mol. The number of hydrogen-bond donors (Lipinski definition) is 1. The van der Waals surface area contributed by atoms with Gasteiger partial charge in [0.25, 0.3) is 0 Å². The van der Waals surface area contributed by atoms with Gasteiger partial charge in [0.05, 0.1) is 5.69 Å². The van der Waals surface area contributed by atoms with Crippen LogP contribution in [0.2, 0.25) is 0 Å². The number of nitrogens with one attached hydrogen (secondary N) is 1. The Kier molecular flexibility index (Phi) is 7.65. The summed E-state index contributed by atoms with van der Waals surface area (Å²) in [5, 5.41) is 2.34. The lowest BCUT2D eigenvalue weighted by Gasteiger charge is -2.17. The van der Waals surface area contributed by atoms with Crippen molar-refractivity contribution in [1.29, 1.82) is 0 Å². The predicted octanol–water partition coefficient (Wildman–Crippen LogP) is 4.20. The lowest BCUT2D eigenvalue weighted by Crippen LogP contribution is -2.39. The Balaban J connectivity index is 0.000000516. The highest BCUT2D eigenvalue weighted by Gasteiger charge is 2.54. The molecule has 1 aromatic rings. The number of alkyl halides is 6. The van der Waals surface area contributed by atoms with Gasteiger partial charge in [0.2, 0.25) is 5.91 Å². The van der Waals surface area contributed by atoms with Crippen LogP contribution in [0.1, 0.15) is 20.8 Å². The van der Waals surface area contributed by atoms with Crippen LogP contribution in [0, 0.1) is 17.0 Å². The summed E-state index contributed by atoms with van der Waals surface area (Å²) in [6, 6.07) is 2.94.